The van der Waals surface area contributed by atoms with Crippen LogP contribution in [-0.4, -0.2) is 16.1 Å². The third-order valence-corrected chi connectivity index (χ3v) is 4.49. The Hall–Kier alpha value is -1.68. The van der Waals surface area contributed by atoms with Crippen LogP contribution in [0.4, 0.5) is 0 Å². The van der Waals surface area contributed by atoms with Gasteiger partial charge >= 0.3 is 5.97 Å². The largest absolute Gasteiger partial charge is 0.481 e. The van der Waals surface area contributed by atoms with Crippen molar-refractivity contribution in [2.75, 3.05) is 0 Å². The smallest absolute Gasteiger partial charge is 0.312 e. The Morgan fingerprint density at radius 2 is 1.95 bits per heavy atom. The second-order valence-corrected chi connectivity index (χ2v) is 6.33. The zero-order valence-corrected chi connectivity index (χ0v) is 13.1. The van der Waals surface area contributed by atoms with Crippen molar-refractivity contribution in [1.82, 2.24) is 4.98 Å². The second-order valence-electron chi connectivity index (χ2n) is 5.42. The predicted octanol–water partition coefficient (Wildman–Crippen LogP) is 3.74. The maximum Gasteiger partial charge on any atom is 0.312 e. The van der Waals surface area contributed by atoms with Crippen LogP contribution in [0.3, 0.4) is 0 Å². The lowest BCUT2D eigenvalue weighted by Crippen LogP contribution is -2.16. The fourth-order valence-electron chi connectivity index (χ4n) is 2.81. The van der Waals surface area contributed by atoms with Gasteiger partial charge in [0.2, 0.25) is 0 Å². The maximum atomic E-state index is 11.6. The molecule has 21 heavy (non-hydrogen) atoms. The molecule has 4 heteroatoms. The minimum absolute atomic E-state index is 0.467. The molecule has 1 aliphatic rings. The zero-order chi connectivity index (χ0) is 14.8. The summed E-state index contributed by atoms with van der Waals surface area (Å²) in [7, 11) is 0. The van der Waals surface area contributed by atoms with Crippen LogP contribution in [0.2, 0.25) is 0 Å². The molecule has 1 aromatic heterocycles. The van der Waals surface area contributed by atoms with Crippen LogP contribution in [0, 0.1) is 0 Å². The number of pyridine rings is 1. The minimum Gasteiger partial charge on any atom is -0.481 e. The number of fused-ring (bicyclic) bond motifs is 1. The molecular weight excluding hydrogens is 330 g/mol. The summed E-state index contributed by atoms with van der Waals surface area (Å²) in [6, 6.07) is 11.7. The number of aromatic nitrogens is 1. The molecule has 0 bridgehead atoms. The fourth-order valence-corrected chi connectivity index (χ4v) is 3.07. The van der Waals surface area contributed by atoms with Gasteiger partial charge in [0.25, 0.3) is 0 Å². The van der Waals surface area contributed by atoms with Crippen molar-refractivity contribution in [3.63, 3.8) is 0 Å². The molecule has 0 amide bonds. The fraction of sp³-hybridized carbons (Fsp3) is 0.294. The second kappa shape index (κ2) is 5.98. The number of hydrogen-bond acceptors (Lipinski definition) is 2. The Morgan fingerprint density at radius 1 is 1.19 bits per heavy atom. The molecule has 108 valence electrons. The maximum absolute atomic E-state index is 11.6. The van der Waals surface area contributed by atoms with Crippen LogP contribution in [-0.2, 0) is 24.1 Å². The van der Waals surface area contributed by atoms with E-state index in [1.807, 2.05) is 36.4 Å². The van der Waals surface area contributed by atoms with Crippen molar-refractivity contribution in [1.29, 1.82) is 0 Å². The molecule has 0 radical (unpaired) electrons. The van der Waals surface area contributed by atoms with Crippen molar-refractivity contribution in [2.24, 2.45) is 0 Å². The van der Waals surface area contributed by atoms with E-state index in [0.717, 1.165) is 35.0 Å². The van der Waals surface area contributed by atoms with Gasteiger partial charge in [-0.25, -0.2) is 0 Å². The third kappa shape index (κ3) is 3.16. The van der Waals surface area contributed by atoms with Crippen LogP contribution in [0.25, 0.3) is 0 Å². The van der Waals surface area contributed by atoms with Crippen LogP contribution >= 0.6 is 15.9 Å². The highest BCUT2D eigenvalue weighted by Crippen LogP contribution is 2.26. The van der Waals surface area contributed by atoms with Crippen molar-refractivity contribution in [3.8, 4) is 0 Å². The van der Waals surface area contributed by atoms with E-state index in [2.05, 4.69) is 20.9 Å². The quantitative estimate of drug-likeness (QED) is 0.918. The molecule has 0 spiro atoms. The van der Waals surface area contributed by atoms with E-state index < -0.39 is 11.9 Å². The van der Waals surface area contributed by atoms with Crippen LogP contribution < -0.4 is 0 Å². The Balaban J connectivity index is 1.87. The first kappa shape index (κ1) is 14.3. The molecule has 0 saturated heterocycles. The Morgan fingerprint density at radius 3 is 2.67 bits per heavy atom. The molecule has 2 aromatic rings. The topological polar surface area (TPSA) is 50.2 Å². The Kier molecular flexibility index (Phi) is 4.06. The first-order chi connectivity index (χ1) is 10.1. The van der Waals surface area contributed by atoms with E-state index in [0.29, 0.717) is 12.1 Å². The molecule has 1 aliphatic carbocycles. The van der Waals surface area contributed by atoms with Gasteiger partial charge in [-0.1, -0.05) is 34.1 Å². The number of benzene rings is 1. The summed E-state index contributed by atoms with van der Waals surface area (Å²) in [5, 5.41) is 9.54. The van der Waals surface area contributed by atoms with Gasteiger partial charge in [0.15, 0.2) is 0 Å². The van der Waals surface area contributed by atoms with Crippen LogP contribution in [0.5, 0.6) is 0 Å². The zero-order valence-electron chi connectivity index (χ0n) is 11.6. The van der Waals surface area contributed by atoms with Crippen molar-refractivity contribution in [2.45, 2.75) is 31.6 Å². The number of halogens is 1. The van der Waals surface area contributed by atoms with Gasteiger partial charge in [-0.2, -0.15) is 0 Å². The van der Waals surface area contributed by atoms with Crippen LogP contribution in [0.15, 0.2) is 40.9 Å². The number of carboxylic acids is 1. The van der Waals surface area contributed by atoms with Gasteiger partial charge in [0.1, 0.15) is 5.92 Å². The monoisotopic (exact) mass is 345 g/mol. The van der Waals surface area contributed by atoms with E-state index >= 15 is 0 Å². The van der Waals surface area contributed by atoms with Crippen molar-refractivity contribution < 1.29 is 9.90 Å². The molecule has 1 unspecified atom stereocenters. The number of aryl methyl sites for hydroxylation is 2. The van der Waals surface area contributed by atoms with Crippen LogP contribution in [0.1, 0.15) is 34.9 Å². The summed E-state index contributed by atoms with van der Waals surface area (Å²) in [6.45, 7) is 0. The average molecular weight is 346 g/mol. The van der Waals surface area contributed by atoms with Gasteiger partial charge in [0.05, 0.1) is 5.69 Å². The number of carbonyl (C=O) groups is 1. The summed E-state index contributed by atoms with van der Waals surface area (Å²) >= 11 is 3.39. The van der Waals surface area contributed by atoms with Crippen molar-refractivity contribution >= 4 is 21.9 Å². The molecule has 3 rings (SSSR count). The summed E-state index contributed by atoms with van der Waals surface area (Å²) in [5.41, 5.74) is 4.03. The highest BCUT2D eigenvalue weighted by Gasteiger charge is 2.23. The summed E-state index contributed by atoms with van der Waals surface area (Å²) in [5.74, 6) is -1.40. The third-order valence-electron chi connectivity index (χ3n) is 3.96. The number of hydrogen-bond donors (Lipinski definition) is 1. The van der Waals surface area contributed by atoms with Gasteiger partial charge < -0.3 is 5.11 Å². The normalized spacial score (nSPS) is 14.7. The first-order valence-corrected chi connectivity index (χ1v) is 7.89. The first-order valence-electron chi connectivity index (χ1n) is 7.09. The minimum atomic E-state index is -0.816. The number of carboxylic acid groups (broad SMARTS) is 1. The SMILES string of the molecule is O=C(O)C(Cc1ccc(Br)cc1)c1ccc2c(n1)CCC2. The molecule has 3 nitrogen and oxygen atoms in total. The lowest BCUT2D eigenvalue weighted by molar-refractivity contribution is -0.138. The summed E-state index contributed by atoms with van der Waals surface area (Å²) < 4.78 is 0.994. The average Bonchev–Trinajstić information content (AvgIpc) is 2.93. The Bertz CT molecular complexity index is 667. The van der Waals surface area contributed by atoms with Gasteiger partial charge in [-0.15, -0.1) is 0 Å². The number of rotatable bonds is 4. The lowest BCUT2D eigenvalue weighted by Gasteiger charge is -2.13. The number of aliphatic carboxylic acids is 1. The molecule has 1 N–H and O–H groups in total. The molecule has 0 fully saturated rings. The number of nitrogens with zero attached hydrogens (tertiary/aromatic N) is 1. The molecule has 0 aliphatic heterocycles. The molecule has 0 saturated carbocycles. The van der Waals surface area contributed by atoms with Gasteiger partial charge in [-0.3, -0.25) is 9.78 Å². The molecular formula is C17H16BrNO2. The van der Waals surface area contributed by atoms with Gasteiger partial charge in [-0.05, 0) is 55.0 Å². The summed E-state index contributed by atoms with van der Waals surface area (Å²) in [6.07, 6.45) is 3.62. The van der Waals surface area contributed by atoms with E-state index in [4.69, 9.17) is 0 Å². The standard InChI is InChI=1S/C17H16BrNO2/c18-13-7-4-11(5-8-13)10-14(17(20)21)16-9-6-12-2-1-3-15(12)19-16/h4-9,14H,1-3,10H2,(H,20,21). The lowest BCUT2D eigenvalue weighted by atomic mass is 9.95. The highest BCUT2D eigenvalue weighted by molar-refractivity contribution is 9.10. The highest BCUT2D eigenvalue weighted by atomic mass is 79.9. The molecule has 1 aromatic carbocycles. The van der Waals surface area contributed by atoms with E-state index in [9.17, 15) is 9.90 Å². The summed E-state index contributed by atoms with van der Waals surface area (Å²) in [4.78, 5) is 16.2. The van der Waals surface area contributed by atoms with E-state index in [-0.39, 0.29) is 0 Å². The van der Waals surface area contributed by atoms with Gasteiger partial charge in [0, 0.05) is 10.2 Å². The van der Waals surface area contributed by atoms with E-state index in [1.54, 1.807) is 0 Å². The molecule has 1 atom stereocenters. The van der Waals surface area contributed by atoms with Crippen molar-refractivity contribution in [3.05, 3.63) is 63.4 Å². The van der Waals surface area contributed by atoms with E-state index in [1.165, 1.54) is 5.56 Å². The Labute approximate surface area is 132 Å². The molecule has 1 heterocycles. The predicted molar refractivity (Wildman–Crippen MR) is 84.5 cm³/mol.